The van der Waals surface area contributed by atoms with Crippen LogP contribution < -0.4 is 0 Å². The zero-order valence-corrected chi connectivity index (χ0v) is 30.7. The second-order valence-corrected chi connectivity index (χ2v) is 14.7. The molecule has 1 aliphatic carbocycles. The van der Waals surface area contributed by atoms with Crippen LogP contribution in [-0.2, 0) is 5.41 Å². The molecule has 0 saturated heterocycles. The maximum Gasteiger partial charge on any atom is 0.238 e. The molecule has 0 unspecified atom stereocenters. The molecule has 8 aromatic carbocycles. The average molecular weight is 729 g/mol. The summed E-state index contributed by atoms with van der Waals surface area (Å²) in [6.45, 7) is 0. The number of benzene rings is 8. The SMILES string of the molecule is c1ccc(C2(c3nc(-c4cccc(-c5cccc6oc7ccccc7c56)c4)nc(-n4c5ccccc5c5ccccc54)n3)c3ccccc3-c3ccccc32)cc1. The Labute approximate surface area is 328 Å². The third-order valence-electron chi connectivity index (χ3n) is 11.7. The van der Waals surface area contributed by atoms with Crippen LogP contribution in [-0.4, -0.2) is 19.5 Å². The molecule has 3 aromatic heterocycles. The highest BCUT2D eigenvalue weighted by Crippen LogP contribution is 2.55. The number of hydrogen-bond donors (Lipinski definition) is 0. The van der Waals surface area contributed by atoms with E-state index in [0.717, 1.165) is 77.1 Å². The molecule has 0 bridgehead atoms. The van der Waals surface area contributed by atoms with E-state index in [1.807, 2.05) is 18.2 Å². The number of rotatable bonds is 5. The van der Waals surface area contributed by atoms with E-state index in [4.69, 9.17) is 19.4 Å². The van der Waals surface area contributed by atoms with E-state index in [0.29, 0.717) is 17.6 Å². The van der Waals surface area contributed by atoms with Crippen molar-refractivity contribution in [2.24, 2.45) is 0 Å². The van der Waals surface area contributed by atoms with Gasteiger partial charge >= 0.3 is 0 Å². The molecule has 0 atom stereocenters. The summed E-state index contributed by atoms with van der Waals surface area (Å²) >= 11 is 0. The minimum absolute atomic E-state index is 0.568. The van der Waals surface area contributed by atoms with Crippen LogP contribution in [0, 0.1) is 0 Å². The second-order valence-electron chi connectivity index (χ2n) is 14.7. The molecular formula is C52H32N4O. The van der Waals surface area contributed by atoms with E-state index in [1.54, 1.807) is 0 Å². The Morgan fingerprint density at radius 2 is 0.982 bits per heavy atom. The largest absolute Gasteiger partial charge is 0.456 e. The molecule has 0 fully saturated rings. The molecule has 1 aliphatic rings. The first-order chi connectivity index (χ1) is 28.3. The van der Waals surface area contributed by atoms with Crippen molar-refractivity contribution >= 4 is 43.7 Å². The summed E-state index contributed by atoms with van der Waals surface area (Å²) < 4.78 is 8.51. The normalized spacial score (nSPS) is 13.1. The van der Waals surface area contributed by atoms with Gasteiger partial charge in [-0.05, 0) is 69.3 Å². The lowest BCUT2D eigenvalue weighted by Gasteiger charge is -2.32. The molecule has 0 saturated carbocycles. The van der Waals surface area contributed by atoms with Crippen molar-refractivity contribution in [3.8, 4) is 39.6 Å². The topological polar surface area (TPSA) is 56.7 Å². The van der Waals surface area contributed by atoms with Gasteiger partial charge in [0, 0.05) is 27.1 Å². The predicted molar refractivity (Wildman–Crippen MR) is 230 cm³/mol. The lowest BCUT2D eigenvalue weighted by Crippen LogP contribution is -2.32. The molecule has 0 aliphatic heterocycles. The highest BCUT2D eigenvalue weighted by molar-refractivity contribution is 6.12. The number of fused-ring (bicyclic) bond motifs is 9. The molecule has 0 N–H and O–H groups in total. The predicted octanol–water partition coefficient (Wildman–Crippen LogP) is 12.6. The lowest BCUT2D eigenvalue weighted by molar-refractivity contribution is 0.669. The van der Waals surface area contributed by atoms with Crippen LogP contribution in [0.25, 0.3) is 83.3 Å². The molecule has 5 nitrogen and oxygen atoms in total. The van der Waals surface area contributed by atoms with Gasteiger partial charge in [0.15, 0.2) is 11.6 Å². The van der Waals surface area contributed by atoms with Gasteiger partial charge in [-0.3, -0.25) is 4.57 Å². The van der Waals surface area contributed by atoms with Crippen molar-refractivity contribution in [3.63, 3.8) is 0 Å². The number of para-hydroxylation sites is 3. The molecule has 12 rings (SSSR count). The van der Waals surface area contributed by atoms with Crippen molar-refractivity contribution in [2.75, 3.05) is 0 Å². The number of hydrogen-bond acceptors (Lipinski definition) is 4. The summed E-state index contributed by atoms with van der Waals surface area (Å²) in [5.41, 5.74) is 11.8. The Bertz CT molecular complexity index is 3280. The van der Waals surface area contributed by atoms with Crippen LogP contribution in [0.3, 0.4) is 0 Å². The standard InChI is InChI=1S/C52H32N4O/c1-2-18-35(19-3-1)52(42-26-9-4-20-37(42)38-21-5-10-27-43(38)52)50-53-49(54-51(55-50)56-44-28-11-6-22-39(44)40-23-7-12-29-45(40)56)34-17-14-16-33(32-34)36-25-15-31-47-48(36)41-24-8-13-30-46(41)57-47/h1-32H. The number of nitrogens with zero attached hydrogens (tertiary/aromatic N) is 4. The third kappa shape index (κ3) is 4.54. The molecule has 5 heteroatoms. The minimum Gasteiger partial charge on any atom is -0.456 e. The molecule has 57 heavy (non-hydrogen) atoms. The van der Waals surface area contributed by atoms with Crippen LogP contribution in [0.5, 0.6) is 0 Å². The van der Waals surface area contributed by atoms with Gasteiger partial charge in [-0.15, -0.1) is 0 Å². The van der Waals surface area contributed by atoms with Crippen molar-refractivity contribution in [1.29, 1.82) is 0 Å². The summed E-state index contributed by atoms with van der Waals surface area (Å²) in [6, 6.07) is 68.2. The molecule has 0 radical (unpaired) electrons. The minimum atomic E-state index is -0.821. The Kier molecular flexibility index (Phi) is 6.78. The first-order valence-corrected chi connectivity index (χ1v) is 19.3. The van der Waals surface area contributed by atoms with Crippen LogP contribution in [0.4, 0.5) is 0 Å². The van der Waals surface area contributed by atoms with Gasteiger partial charge in [0.05, 0.1) is 11.0 Å². The average Bonchev–Trinajstić information content (AvgIpc) is 3.93. The molecule has 0 spiro atoms. The van der Waals surface area contributed by atoms with Crippen LogP contribution in [0.15, 0.2) is 199 Å². The third-order valence-corrected chi connectivity index (χ3v) is 11.7. The van der Waals surface area contributed by atoms with Crippen molar-refractivity contribution in [1.82, 2.24) is 19.5 Å². The highest BCUT2D eigenvalue weighted by atomic mass is 16.3. The molecule has 11 aromatic rings. The van der Waals surface area contributed by atoms with E-state index >= 15 is 0 Å². The van der Waals surface area contributed by atoms with E-state index in [1.165, 1.54) is 11.1 Å². The van der Waals surface area contributed by atoms with Gasteiger partial charge < -0.3 is 4.42 Å². The Hall–Kier alpha value is -7.63. The second kappa shape index (κ2) is 12.2. The maximum absolute atomic E-state index is 6.30. The Morgan fingerprint density at radius 3 is 1.72 bits per heavy atom. The molecule has 0 amide bonds. The van der Waals surface area contributed by atoms with Gasteiger partial charge in [-0.25, -0.2) is 4.98 Å². The quantitative estimate of drug-likeness (QED) is 0.177. The number of furan rings is 1. The van der Waals surface area contributed by atoms with Gasteiger partial charge in [0.2, 0.25) is 5.95 Å². The van der Waals surface area contributed by atoms with E-state index in [2.05, 4.69) is 180 Å². The molecule has 3 heterocycles. The zero-order valence-electron chi connectivity index (χ0n) is 30.7. The first-order valence-electron chi connectivity index (χ1n) is 19.3. The molecular weight excluding hydrogens is 697 g/mol. The summed E-state index contributed by atoms with van der Waals surface area (Å²) in [5, 5.41) is 4.48. The lowest BCUT2D eigenvalue weighted by atomic mass is 9.71. The first kappa shape index (κ1) is 31.7. The molecule has 266 valence electrons. The Balaban J connectivity index is 1.18. The van der Waals surface area contributed by atoms with E-state index < -0.39 is 5.41 Å². The summed E-state index contributed by atoms with van der Waals surface area (Å²) in [6.07, 6.45) is 0. The van der Waals surface area contributed by atoms with Gasteiger partial charge in [-0.2, -0.15) is 9.97 Å². The fourth-order valence-electron chi connectivity index (χ4n) is 9.34. The van der Waals surface area contributed by atoms with Crippen LogP contribution in [0.2, 0.25) is 0 Å². The smallest absolute Gasteiger partial charge is 0.238 e. The van der Waals surface area contributed by atoms with Crippen molar-refractivity contribution in [3.05, 3.63) is 217 Å². The van der Waals surface area contributed by atoms with Crippen molar-refractivity contribution < 1.29 is 4.42 Å². The van der Waals surface area contributed by atoms with Crippen LogP contribution in [0.1, 0.15) is 22.5 Å². The number of aromatic nitrogens is 4. The van der Waals surface area contributed by atoms with Crippen molar-refractivity contribution in [2.45, 2.75) is 5.41 Å². The van der Waals surface area contributed by atoms with Gasteiger partial charge in [-0.1, -0.05) is 164 Å². The van der Waals surface area contributed by atoms with E-state index in [9.17, 15) is 0 Å². The summed E-state index contributed by atoms with van der Waals surface area (Å²) in [4.78, 5) is 16.6. The zero-order chi connectivity index (χ0) is 37.5. The van der Waals surface area contributed by atoms with Gasteiger partial charge in [0.1, 0.15) is 16.6 Å². The fraction of sp³-hybridized carbons (Fsp3) is 0.0192. The van der Waals surface area contributed by atoms with E-state index in [-0.39, 0.29) is 0 Å². The maximum atomic E-state index is 6.30. The van der Waals surface area contributed by atoms with Gasteiger partial charge in [0.25, 0.3) is 0 Å². The Morgan fingerprint density at radius 1 is 0.421 bits per heavy atom. The fourth-order valence-corrected chi connectivity index (χ4v) is 9.34. The van der Waals surface area contributed by atoms with Crippen LogP contribution >= 0.6 is 0 Å². The monoisotopic (exact) mass is 728 g/mol. The highest BCUT2D eigenvalue weighted by Gasteiger charge is 2.49. The summed E-state index contributed by atoms with van der Waals surface area (Å²) in [5.74, 6) is 1.83. The summed E-state index contributed by atoms with van der Waals surface area (Å²) in [7, 11) is 0.